The minimum atomic E-state index is -1.17. The maximum absolute atomic E-state index is 13.6. The van der Waals surface area contributed by atoms with E-state index >= 15 is 0 Å². The van der Waals surface area contributed by atoms with Crippen molar-refractivity contribution in [1.82, 2.24) is 0 Å². The van der Waals surface area contributed by atoms with Gasteiger partial charge in [-0.15, -0.1) is 0 Å². The van der Waals surface area contributed by atoms with E-state index in [2.05, 4.69) is 41.5 Å². The summed E-state index contributed by atoms with van der Waals surface area (Å²) in [5.74, 6) is 0.808. The van der Waals surface area contributed by atoms with E-state index in [1.807, 2.05) is 0 Å². The molecule has 0 aromatic heterocycles. The van der Waals surface area contributed by atoms with Crippen LogP contribution in [0.25, 0.3) is 0 Å². The minimum absolute atomic E-state index is 0.0261. The number of Topliss-reactive ketones (excluding diaryl/α,β-unsaturated/α-hetero) is 2. The van der Waals surface area contributed by atoms with Crippen LogP contribution >= 0.6 is 0 Å². The van der Waals surface area contributed by atoms with Gasteiger partial charge in [-0.2, -0.15) is 0 Å². The lowest BCUT2D eigenvalue weighted by Crippen LogP contribution is -2.65. The minimum Gasteiger partial charge on any atom is -0.392 e. The molecule has 3 N–H and O–H groups in total. The monoisotopic (exact) mass is 488 g/mol. The quantitative estimate of drug-likeness (QED) is 0.506. The lowest BCUT2D eigenvalue weighted by molar-refractivity contribution is -0.208. The molecule has 3 fully saturated rings. The molecule has 0 unspecified atom stereocenters. The van der Waals surface area contributed by atoms with Crippen LogP contribution in [0.15, 0.2) is 11.1 Å². The SMILES string of the molecule is C[C@H](CC[C@H](O)C(C)(C)O)C1=C2C[C@H](O)[C@H]3[C@@]4(C)CCC(=O)C(C)(C)[C@@H]4CC[C@]3(C)[C@@]2(C)CC1=O. The molecule has 0 heterocycles. The third kappa shape index (κ3) is 3.74. The summed E-state index contributed by atoms with van der Waals surface area (Å²) < 4.78 is 0. The predicted molar refractivity (Wildman–Crippen MR) is 137 cm³/mol. The smallest absolute Gasteiger partial charge is 0.159 e. The Morgan fingerprint density at radius 1 is 1.06 bits per heavy atom. The normalized spacial score (nSPS) is 42.9. The first-order chi connectivity index (χ1) is 15.9. The highest BCUT2D eigenvalue weighted by molar-refractivity contribution is 6.00. The molecule has 8 atom stereocenters. The molecule has 3 saturated carbocycles. The van der Waals surface area contributed by atoms with Gasteiger partial charge in [0, 0.05) is 23.7 Å². The van der Waals surface area contributed by atoms with Crippen molar-refractivity contribution in [3.8, 4) is 0 Å². The zero-order chi connectivity index (χ0) is 26.4. The number of carbonyl (C=O) groups excluding carboxylic acids is 2. The Labute approximate surface area is 211 Å². The molecule has 0 aromatic rings. The Morgan fingerprint density at radius 3 is 2.29 bits per heavy atom. The molecule has 0 radical (unpaired) electrons. The van der Waals surface area contributed by atoms with Gasteiger partial charge >= 0.3 is 0 Å². The summed E-state index contributed by atoms with van der Waals surface area (Å²) in [5, 5.41) is 32.3. The van der Waals surface area contributed by atoms with Crippen molar-refractivity contribution in [2.24, 2.45) is 39.4 Å². The van der Waals surface area contributed by atoms with Gasteiger partial charge in [0.25, 0.3) is 0 Å². The highest BCUT2D eigenvalue weighted by atomic mass is 16.3. The second kappa shape index (κ2) is 8.23. The molecule has 5 nitrogen and oxygen atoms in total. The van der Waals surface area contributed by atoms with Crippen molar-refractivity contribution < 1.29 is 24.9 Å². The van der Waals surface area contributed by atoms with Crippen LogP contribution in [0.1, 0.15) is 107 Å². The maximum atomic E-state index is 13.6. The Balaban J connectivity index is 1.71. The summed E-state index contributed by atoms with van der Waals surface area (Å²) in [6, 6.07) is 0. The molecular formula is C30H48O5. The third-order valence-electron chi connectivity index (χ3n) is 11.7. The van der Waals surface area contributed by atoms with Gasteiger partial charge < -0.3 is 15.3 Å². The molecule has 198 valence electrons. The predicted octanol–water partition coefficient (Wildman–Crippen LogP) is 5.00. The lowest BCUT2D eigenvalue weighted by Gasteiger charge is -2.68. The van der Waals surface area contributed by atoms with E-state index in [-0.39, 0.29) is 45.2 Å². The van der Waals surface area contributed by atoms with Crippen LogP contribution in [0.4, 0.5) is 0 Å². The van der Waals surface area contributed by atoms with E-state index in [0.29, 0.717) is 37.9 Å². The third-order valence-corrected chi connectivity index (χ3v) is 11.7. The Kier molecular flexibility index (Phi) is 6.35. The first-order valence-corrected chi connectivity index (χ1v) is 13.8. The molecule has 35 heavy (non-hydrogen) atoms. The van der Waals surface area contributed by atoms with Gasteiger partial charge in [-0.25, -0.2) is 0 Å². The van der Waals surface area contributed by atoms with Gasteiger partial charge in [-0.1, -0.05) is 47.1 Å². The molecule has 0 saturated heterocycles. The zero-order valence-corrected chi connectivity index (χ0v) is 23.2. The molecule has 4 aliphatic carbocycles. The summed E-state index contributed by atoms with van der Waals surface area (Å²) in [4.78, 5) is 26.4. The van der Waals surface area contributed by atoms with Gasteiger partial charge in [0.05, 0.1) is 17.8 Å². The number of aliphatic hydroxyl groups is 3. The van der Waals surface area contributed by atoms with Gasteiger partial charge in [0.15, 0.2) is 5.78 Å². The molecule has 5 heteroatoms. The fourth-order valence-electron chi connectivity index (χ4n) is 9.45. The van der Waals surface area contributed by atoms with E-state index in [9.17, 15) is 24.9 Å². The first kappa shape index (κ1) is 27.0. The fourth-order valence-corrected chi connectivity index (χ4v) is 9.45. The molecule has 4 rings (SSSR count). The molecule has 0 spiro atoms. The van der Waals surface area contributed by atoms with Crippen LogP contribution in [-0.2, 0) is 9.59 Å². The van der Waals surface area contributed by atoms with Crippen LogP contribution in [0.2, 0.25) is 0 Å². The van der Waals surface area contributed by atoms with Crippen molar-refractivity contribution >= 4 is 11.6 Å². The fraction of sp³-hybridized carbons (Fsp3) is 0.867. The molecule has 4 aliphatic rings. The first-order valence-electron chi connectivity index (χ1n) is 13.8. The average Bonchev–Trinajstić information content (AvgIpc) is 2.99. The molecule has 0 aromatic carbocycles. The summed E-state index contributed by atoms with van der Waals surface area (Å²) >= 11 is 0. The Morgan fingerprint density at radius 2 is 1.69 bits per heavy atom. The van der Waals surface area contributed by atoms with Gasteiger partial charge in [0.1, 0.15) is 5.78 Å². The van der Waals surface area contributed by atoms with Crippen LogP contribution in [0.5, 0.6) is 0 Å². The van der Waals surface area contributed by atoms with E-state index in [1.165, 1.54) is 0 Å². The van der Waals surface area contributed by atoms with E-state index in [4.69, 9.17) is 0 Å². The van der Waals surface area contributed by atoms with E-state index in [1.54, 1.807) is 13.8 Å². The molecular weight excluding hydrogens is 440 g/mol. The van der Waals surface area contributed by atoms with Crippen molar-refractivity contribution in [3.05, 3.63) is 11.1 Å². The number of rotatable bonds is 5. The molecule has 0 bridgehead atoms. The van der Waals surface area contributed by atoms with Gasteiger partial charge in [0.2, 0.25) is 0 Å². The highest BCUT2D eigenvalue weighted by Gasteiger charge is 2.70. The number of aliphatic hydroxyl groups excluding tert-OH is 2. The summed E-state index contributed by atoms with van der Waals surface area (Å²) in [7, 11) is 0. The summed E-state index contributed by atoms with van der Waals surface area (Å²) in [5.41, 5.74) is -0.203. The number of hydrogen-bond acceptors (Lipinski definition) is 5. The topological polar surface area (TPSA) is 94.8 Å². The van der Waals surface area contributed by atoms with Crippen molar-refractivity contribution in [3.63, 3.8) is 0 Å². The largest absolute Gasteiger partial charge is 0.392 e. The highest BCUT2D eigenvalue weighted by Crippen LogP contribution is 2.73. The van der Waals surface area contributed by atoms with E-state index < -0.39 is 17.8 Å². The Bertz CT molecular complexity index is 941. The molecule has 0 aliphatic heterocycles. The number of fused-ring (bicyclic) bond motifs is 5. The standard InChI is InChI=1S/C30H48O5/c1-17(9-10-23(34)27(4,5)35)24-18-15-19(31)25-28(6)13-12-22(33)26(2,3)21(28)11-14-29(25,7)30(18,8)16-20(24)32/h17,19,21,23,25,31,34-35H,9-16H2,1-8H3/t17-,19+,21+,23+,25+,28+,29+,30+/m1/s1. The number of allylic oxidation sites excluding steroid dienone is 1. The van der Waals surface area contributed by atoms with Gasteiger partial charge in [-0.3, -0.25) is 9.59 Å². The van der Waals surface area contributed by atoms with Crippen molar-refractivity contribution in [2.75, 3.05) is 0 Å². The van der Waals surface area contributed by atoms with Crippen LogP contribution in [0.3, 0.4) is 0 Å². The zero-order valence-electron chi connectivity index (χ0n) is 23.2. The van der Waals surface area contributed by atoms with Crippen molar-refractivity contribution in [1.29, 1.82) is 0 Å². The lowest BCUT2D eigenvalue weighted by atomic mass is 9.36. The summed E-state index contributed by atoms with van der Waals surface area (Å²) in [6.07, 6.45) is 3.94. The van der Waals surface area contributed by atoms with Crippen LogP contribution in [-0.4, -0.2) is 44.7 Å². The van der Waals surface area contributed by atoms with Crippen molar-refractivity contribution in [2.45, 2.75) is 125 Å². The summed E-state index contributed by atoms with van der Waals surface area (Å²) in [6.45, 7) is 16.4. The average molecular weight is 489 g/mol. The maximum Gasteiger partial charge on any atom is 0.159 e. The van der Waals surface area contributed by atoms with Crippen LogP contribution in [0, 0.1) is 39.4 Å². The second-order valence-corrected chi connectivity index (χ2v) is 14.4. The second-order valence-electron chi connectivity index (χ2n) is 14.4. The Hall–Kier alpha value is -1.04. The number of carbonyl (C=O) groups is 2. The van der Waals surface area contributed by atoms with Gasteiger partial charge in [-0.05, 0) is 86.5 Å². The number of hydrogen-bond donors (Lipinski definition) is 3. The van der Waals surface area contributed by atoms with Crippen LogP contribution < -0.4 is 0 Å². The van der Waals surface area contributed by atoms with E-state index in [0.717, 1.165) is 30.4 Å². The molecule has 0 amide bonds. The number of ketones is 2.